The fourth-order valence-electron chi connectivity index (χ4n) is 4.69. The number of nitrogens with zero attached hydrogens (tertiary/aromatic N) is 2. The van der Waals surface area contributed by atoms with Gasteiger partial charge in [-0.25, -0.2) is 0 Å². The number of carbonyl (C=O) groups is 2. The zero-order valence-corrected chi connectivity index (χ0v) is 15.8. The van der Waals surface area contributed by atoms with E-state index in [-0.39, 0.29) is 23.2 Å². The topological polar surface area (TPSA) is 52.7 Å². The van der Waals surface area contributed by atoms with E-state index in [9.17, 15) is 22.8 Å². The highest BCUT2D eigenvalue weighted by Crippen LogP contribution is 2.35. The minimum absolute atomic E-state index is 0.0117. The van der Waals surface area contributed by atoms with Crippen molar-refractivity contribution in [2.75, 3.05) is 18.5 Å². The summed E-state index contributed by atoms with van der Waals surface area (Å²) in [4.78, 5) is 28.0. The Labute approximate surface area is 161 Å². The van der Waals surface area contributed by atoms with E-state index < -0.39 is 17.6 Å². The van der Waals surface area contributed by atoms with Gasteiger partial charge in [0.1, 0.15) is 0 Å². The Hall–Kier alpha value is -2.09. The average Bonchev–Trinajstić information content (AvgIpc) is 3.23. The van der Waals surface area contributed by atoms with Crippen molar-refractivity contribution in [3.8, 4) is 0 Å². The van der Waals surface area contributed by atoms with Crippen LogP contribution < -0.4 is 10.2 Å². The number of anilines is 1. The van der Waals surface area contributed by atoms with E-state index in [1.807, 2.05) is 0 Å². The molecule has 3 aliphatic rings. The summed E-state index contributed by atoms with van der Waals surface area (Å²) in [7, 11) is 1.67. The lowest BCUT2D eigenvalue weighted by molar-refractivity contribution is -0.137. The standard InChI is InChI=1S/C20H24F3N3O2/c1-25(16-10-14-4-5-15(11-16)24-14)19(28)12-7-13(20(21,22)23)9-17(8-12)26-6-2-3-18(26)27/h7-9,14-16,24H,2-6,10-11H2,1H3. The molecule has 3 aliphatic heterocycles. The molecule has 3 fully saturated rings. The van der Waals surface area contributed by atoms with Gasteiger partial charge in [0.2, 0.25) is 5.91 Å². The van der Waals surface area contributed by atoms with Gasteiger partial charge in [-0.15, -0.1) is 0 Å². The van der Waals surface area contributed by atoms with Crippen molar-refractivity contribution in [2.45, 2.75) is 62.8 Å². The molecule has 0 saturated carbocycles. The number of benzene rings is 1. The molecule has 0 aliphatic carbocycles. The third kappa shape index (κ3) is 3.62. The minimum atomic E-state index is -4.58. The number of fused-ring (bicyclic) bond motifs is 2. The average molecular weight is 395 g/mol. The molecule has 8 heteroatoms. The second-order valence-electron chi connectivity index (χ2n) is 8.09. The van der Waals surface area contributed by atoms with E-state index in [2.05, 4.69) is 5.32 Å². The normalized spacial score (nSPS) is 27.4. The van der Waals surface area contributed by atoms with Crippen LogP contribution in [0, 0.1) is 0 Å². The van der Waals surface area contributed by atoms with E-state index >= 15 is 0 Å². The molecule has 0 aromatic heterocycles. The molecule has 28 heavy (non-hydrogen) atoms. The number of hydrogen-bond acceptors (Lipinski definition) is 3. The van der Waals surface area contributed by atoms with Crippen molar-refractivity contribution in [3.63, 3.8) is 0 Å². The smallest absolute Gasteiger partial charge is 0.339 e. The van der Waals surface area contributed by atoms with Gasteiger partial charge in [-0.3, -0.25) is 9.59 Å². The fraction of sp³-hybridized carbons (Fsp3) is 0.600. The first-order chi connectivity index (χ1) is 13.2. The number of amides is 2. The minimum Gasteiger partial charge on any atom is -0.339 e. The van der Waals surface area contributed by atoms with E-state index in [0.717, 1.165) is 37.8 Å². The molecule has 3 heterocycles. The lowest BCUT2D eigenvalue weighted by Gasteiger charge is -2.35. The van der Waals surface area contributed by atoms with E-state index in [4.69, 9.17) is 0 Å². The molecule has 0 spiro atoms. The van der Waals surface area contributed by atoms with Crippen LogP contribution in [0.2, 0.25) is 0 Å². The van der Waals surface area contributed by atoms with Gasteiger partial charge in [0, 0.05) is 49.4 Å². The molecular formula is C20H24F3N3O2. The van der Waals surface area contributed by atoms with Crippen molar-refractivity contribution < 1.29 is 22.8 Å². The molecule has 2 amide bonds. The number of rotatable bonds is 3. The van der Waals surface area contributed by atoms with Crippen molar-refractivity contribution in [1.82, 2.24) is 10.2 Å². The largest absolute Gasteiger partial charge is 0.416 e. The van der Waals surface area contributed by atoms with Crippen LogP contribution in [0.15, 0.2) is 18.2 Å². The Morgan fingerprint density at radius 1 is 1.18 bits per heavy atom. The van der Waals surface area contributed by atoms with Crippen LogP contribution in [-0.4, -0.2) is 48.4 Å². The molecule has 2 bridgehead atoms. The van der Waals surface area contributed by atoms with Crippen LogP contribution >= 0.6 is 0 Å². The Morgan fingerprint density at radius 2 is 1.86 bits per heavy atom. The molecule has 1 aromatic carbocycles. The molecule has 1 N–H and O–H groups in total. The first-order valence-electron chi connectivity index (χ1n) is 9.78. The molecule has 1 aromatic rings. The van der Waals surface area contributed by atoms with Crippen LogP contribution in [0.4, 0.5) is 18.9 Å². The molecule has 2 atom stereocenters. The number of piperidine rings is 1. The molecule has 2 unspecified atom stereocenters. The zero-order chi connectivity index (χ0) is 20.1. The highest BCUT2D eigenvalue weighted by molar-refractivity contribution is 5.99. The van der Waals surface area contributed by atoms with E-state index in [1.54, 1.807) is 11.9 Å². The van der Waals surface area contributed by atoms with Crippen LogP contribution in [0.5, 0.6) is 0 Å². The summed E-state index contributed by atoms with van der Waals surface area (Å²) in [6, 6.07) is 4.05. The summed E-state index contributed by atoms with van der Waals surface area (Å²) >= 11 is 0. The number of alkyl halides is 3. The summed E-state index contributed by atoms with van der Waals surface area (Å²) in [6.45, 7) is 0.376. The van der Waals surface area contributed by atoms with Gasteiger partial charge in [-0.2, -0.15) is 13.2 Å². The maximum absolute atomic E-state index is 13.4. The third-order valence-corrected chi connectivity index (χ3v) is 6.19. The lowest BCUT2D eigenvalue weighted by Crippen LogP contribution is -2.48. The summed E-state index contributed by atoms with van der Waals surface area (Å²) in [5.74, 6) is -0.633. The third-order valence-electron chi connectivity index (χ3n) is 6.19. The first-order valence-corrected chi connectivity index (χ1v) is 9.78. The van der Waals surface area contributed by atoms with Gasteiger partial charge in [0.25, 0.3) is 5.91 Å². The van der Waals surface area contributed by atoms with Gasteiger partial charge in [0.15, 0.2) is 0 Å². The van der Waals surface area contributed by atoms with E-state index in [0.29, 0.717) is 31.5 Å². The quantitative estimate of drug-likeness (QED) is 0.855. The Morgan fingerprint density at radius 3 is 2.43 bits per heavy atom. The van der Waals surface area contributed by atoms with Crippen molar-refractivity contribution in [2.24, 2.45) is 0 Å². The van der Waals surface area contributed by atoms with Crippen LogP contribution in [0.1, 0.15) is 54.4 Å². The second-order valence-corrected chi connectivity index (χ2v) is 8.09. The fourth-order valence-corrected chi connectivity index (χ4v) is 4.69. The number of halogens is 3. The Bertz CT molecular complexity index is 783. The SMILES string of the molecule is CN(C(=O)c1cc(N2CCCC2=O)cc(C(F)(F)F)c1)C1CC2CCC(C1)N2. The monoisotopic (exact) mass is 395 g/mol. The second kappa shape index (κ2) is 7.06. The first kappa shape index (κ1) is 19.2. The summed E-state index contributed by atoms with van der Waals surface area (Å²) < 4.78 is 40.3. The molecule has 3 saturated heterocycles. The number of nitrogens with one attached hydrogen (secondary N) is 1. The van der Waals surface area contributed by atoms with Gasteiger partial charge < -0.3 is 15.1 Å². The lowest BCUT2D eigenvalue weighted by atomic mass is 9.97. The number of hydrogen-bond donors (Lipinski definition) is 1. The van der Waals surface area contributed by atoms with Gasteiger partial charge in [0.05, 0.1) is 5.56 Å². The van der Waals surface area contributed by atoms with Gasteiger partial charge in [-0.1, -0.05) is 0 Å². The number of carbonyl (C=O) groups excluding carboxylic acids is 2. The molecular weight excluding hydrogens is 371 g/mol. The van der Waals surface area contributed by atoms with Crippen molar-refractivity contribution in [3.05, 3.63) is 29.3 Å². The summed E-state index contributed by atoms with van der Waals surface area (Å²) in [5.41, 5.74) is -0.760. The summed E-state index contributed by atoms with van der Waals surface area (Å²) in [5, 5.41) is 3.50. The Balaban J connectivity index is 1.63. The molecule has 5 nitrogen and oxygen atoms in total. The van der Waals surface area contributed by atoms with E-state index in [1.165, 1.54) is 11.0 Å². The van der Waals surface area contributed by atoms with Crippen molar-refractivity contribution in [1.29, 1.82) is 0 Å². The maximum atomic E-state index is 13.4. The van der Waals surface area contributed by atoms with Crippen molar-refractivity contribution >= 4 is 17.5 Å². The highest BCUT2D eigenvalue weighted by Gasteiger charge is 2.38. The maximum Gasteiger partial charge on any atom is 0.416 e. The molecule has 4 rings (SSSR count). The highest BCUT2D eigenvalue weighted by atomic mass is 19.4. The predicted octanol–water partition coefficient (Wildman–Crippen LogP) is 3.19. The molecule has 0 radical (unpaired) electrons. The zero-order valence-electron chi connectivity index (χ0n) is 15.8. The van der Waals surface area contributed by atoms with Gasteiger partial charge in [-0.05, 0) is 50.3 Å². The van der Waals surface area contributed by atoms with Crippen LogP contribution in [0.3, 0.4) is 0 Å². The summed E-state index contributed by atoms with van der Waals surface area (Å²) in [6.07, 6.45) is 0.125. The van der Waals surface area contributed by atoms with Crippen LogP contribution in [0.25, 0.3) is 0 Å². The Kier molecular flexibility index (Phi) is 4.85. The van der Waals surface area contributed by atoms with Gasteiger partial charge >= 0.3 is 6.18 Å². The molecule has 152 valence electrons. The van der Waals surface area contributed by atoms with Crippen LogP contribution in [-0.2, 0) is 11.0 Å². The predicted molar refractivity (Wildman–Crippen MR) is 98.1 cm³/mol.